The molecule has 4 N–H and O–H groups in total. The van der Waals surface area contributed by atoms with Gasteiger partial charge in [0.25, 0.3) is 5.91 Å². The standard InChI is InChI=1S/C16H20N4O/c1-16(8-4-5-9-16)19-15(21)14-10-13(20-17)11-6-2-3-7-12(11)18-14/h2-3,6-7,10H,4-5,8-9,17H2,1H3,(H,18,20)(H,19,21). The third-order valence-electron chi connectivity index (χ3n) is 4.23. The molecular weight excluding hydrogens is 264 g/mol. The lowest BCUT2D eigenvalue weighted by molar-refractivity contribution is 0.0903. The number of benzene rings is 1. The van der Waals surface area contributed by atoms with Crippen molar-refractivity contribution in [2.24, 2.45) is 5.84 Å². The van der Waals surface area contributed by atoms with E-state index in [9.17, 15) is 4.79 Å². The molecule has 2 aromatic rings. The predicted molar refractivity (Wildman–Crippen MR) is 83.9 cm³/mol. The van der Waals surface area contributed by atoms with E-state index < -0.39 is 0 Å². The van der Waals surface area contributed by atoms with E-state index in [1.807, 2.05) is 24.3 Å². The van der Waals surface area contributed by atoms with Gasteiger partial charge in [0.15, 0.2) is 0 Å². The monoisotopic (exact) mass is 284 g/mol. The third kappa shape index (κ3) is 2.69. The van der Waals surface area contributed by atoms with Gasteiger partial charge < -0.3 is 10.7 Å². The summed E-state index contributed by atoms with van der Waals surface area (Å²) in [7, 11) is 0. The first kappa shape index (κ1) is 13.8. The molecule has 0 saturated heterocycles. The second-order valence-electron chi connectivity index (χ2n) is 5.94. The summed E-state index contributed by atoms with van der Waals surface area (Å²) < 4.78 is 0. The predicted octanol–water partition coefficient (Wildman–Crippen LogP) is 2.58. The molecule has 1 aromatic heterocycles. The van der Waals surface area contributed by atoms with E-state index in [0.29, 0.717) is 11.4 Å². The second kappa shape index (κ2) is 5.33. The van der Waals surface area contributed by atoms with Gasteiger partial charge in [-0.25, -0.2) is 4.98 Å². The highest BCUT2D eigenvalue weighted by atomic mass is 16.2. The zero-order valence-corrected chi connectivity index (χ0v) is 12.1. The molecule has 1 saturated carbocycles. The summed E-state index contributed by atoms with van der Waals surface area (Å²) >= 11 is 0. The maximum absolute atomic E-state index is 12.5. The van der Waals surface area contributed by atoms with Crippen molar-refractivity contribution in [3.05, 3.63) is 36.0 Å². The number of fused-ring (bicyclic) bond motifs is 1. The molecule has 1 amide bonds. The molecule has 5 nitrogen and oxygen atoms in total. The molecule has 1 fully saturated rings. The lowest BCUT2D eigenvalue weighted by Crippen LogP contribution is -2.43. The highest BCUT2D eigenvalue weighted by Crippen LogP contribution is 2.29. The van der Waals surface area contributed by atoms with Gasteiger partial charge in [-0.3, -0.25) is 10.6 Å². The van der Waals surface area contributed by atoms with Crippen LogP contribution in [0, 0.1) is 0 Å². The van der Waals surface area contributed by atoms with Crippen LogP contribution in [0.4, 0.5) is 5.69 Å². The Morgan fingerprint density at radius 1 is 1.29 bits per heavy atom. The Labute approximate surface area is 123 Å². The van der Waals surface area contributed by atoms with Crippen molar-refractivity contribution in [2.45, 2.75) is 38.1 Å². The Bertz CT molecular complexity index is 677. The van der Waals surface area contributed by atoms with Crippen molar-refractivity contribution in [1.82, 2.24) is 10.3 Å². The van der Waals surface area contributed by atoms with E-state index in [4.69, 9.17) is 5.84 Å². The SMILES string of the molecule is CC1(NC(=O)c2cc(NN)c3ccccc3n2)CCCC1. The Balaban J connectivity index is 1.94. The molecule has 21 heavy (non-hydrogen) atoms. The summed E-state index contributed by atoms with van der Waals surface area (Å²) in [5, 5.41) is 4.02. The minimum Gasteiger partial charge on any atom is -0.346 e. The lowest BCUT2D eigenvalue weighted by Gasteiger charge is -2.25. The van der Waals surface area contributed by atoms with Gasteiger partial charge >= 0.3 is 0 Å². The molecule has 0 radical (unpaired) electrons. The van der Waals surface area contributed by atoms with E-state index in [0.717, 1.165) is 36.6 Å². The topological polar surface area (TPSA) is 80.0 Å². The summed E-state index contributed by atoms with van der Waals surface area (Å²) in [6.45, 7) is 2.10. The molecule has 0 bridgehead atoms. The number of nitrogen functional groups attached to an aromatic ring is 1. The Hall–Kier alpha value is -2.14. The van der Waals surface area contributed by atoms with Crippen LogP contribution in [-0.2, 0) is 0 Å². The van der Waals surface area contributed by atoms with E-state index in [1.54, 1.807) is 6.07 Å². The van der Waals surface area contributed by atoms with Crippen LogP contribution in [0.1, 0.15) is 43.1 Å². The smallest absolute Gasteiger partial charge is 0.270 e. The van der Waals surface area contributed by atoms with Crippen LogP contribution in [0.2, 0.25) is 0 Å². The van der Waals surface area contributed by atoms with Crippen molar-refractivity contribution in [3.8, 4) is 0 Å². The van der Waals surface area contributed by atoms with Crippen LogP contribution < -0.4 is 16.6 Å². The molecule has 0 spiro atoms. The van der Waals surface area contributed by atoms with Gasteiger partial charge in [0.1, 0.15) is 5.69 Å². The van der Waals surface area contributed by atoms with Crippen LogP contribution in [0.3, 0.4) is 0 Å². The zero-order valence-electron chi connectivity index (χ0n) is 12.1. The maximum Gasteiger partial charge on any atom is 0.270 e. The molecule has 1 heterocycles. The van der Waals surface area contributed by atoms with Crippen molar-refractivity contribution in [3.63, 3.8) is 0 Å². The van der Waals surface area contributed by atoms with Crippen molar-refractivity contribution < 1.29 is 4.79 Å². The van der Waals surface area contributed by atoms with Crippen LogP contribution in [0.15, 0.2) is 30.3 Å². The molecule has 1 aromatic carbocycles. The van der Waals surface area contributed by atoms with Crippen LogP contribution in [-0.4, -0.2) is 16.4 Å². The average molecular weight is 284 g/mol. The number of carbonyl (C=O) groups excluding carboxylic acids is 1. The number of nitrogens with two attached hydrogens (primary N) is 1. The molecule has 5 heteroatoms. The first-order valence-corrected chi connectivity index (χ1v) is 7.30. The summed E-state index contributed by atoms with van der Waals surface area (Å²) in [6.07, 6.45) is 4.37. The van der Waals surface area contributed by atoms with Gasteiger partial charge in [0, 0.05) is 10.9 Å². The Morgan fingerprint density at radius 2 is 2.00 bits per heavy atom. The largest absolute Gasteiger partial charge is 0.346 e. The van der Waals surface area contributed by atoms with E-state index in [2.05, 4.69) is 22.7 Å². The summed E-state index contributed by atoms with van der Waals surface area (Å²) in [5.41, 5.74) is 4.41. The lowest BCUT2D eigenvalue weighted by atomic mass is 10.0. The molecular formula is C16H20N4O. The van der Waals surface area contributed by atoms with Gasteiger partial charge in [-0.2, -0.15) is 0 Å². The van der Waals surface area contributed by atoms with Gasteiger partial charge in [0.2, 0.25) is 0 Å². The number of rotatable bonds is 3. The quantitative estimate of drug-likeness (QED) is 0.598. The number of hydrazine groups is 1. The minimum atomic E-state index is -0.137. The first-order valence-electron chi connectivity index (χ1n) is 7.30. The zero-order chi connectivity index (χ0) is 14.9. The van der Waals surface area contributed by atoms with Crippen molar-refractivity contribution >= 4 is 22.5 Å². The molecule has 110 valence electrons. The molecule has 0 atom stereocenters. The number of nitrogens with zero attached hydrogens (tertiary/aromatic N) is 1. The summed E-state index contributed by atoms with van der Waals surface area (Å²) in [6, 6.07) is 9.33. The highest BCUT2D eigenvalue weighted by molar-refractivity contribution is 5.99. The van der Waals surface area contributed by atoms with Crippen LogP contribution in [0.25, 0.3) is 10.9 Å². The van der Waals surface area contributed by atoms with Crippen molar-refractivity contribution in [2.75, 3.05) is 5.43 Å². The number of amides is 1. The molecule has 1 aliphatic carbocycles. The number of hydrogen-bond donors (Lipinski definition) is 3. The molecule has 3 rings (SSSR count). The van der Waals surface area contributed by atoms with Gasteiger partial charge in [-0.15, -0.1) is 0 Å². The fourth-order valence-corrected chi connectivity index (χ4v) is 3.03. The van der Waals surface area contributed by atoms with E-state index in [1.165, 1.54) is 0 Å². The first-order chi connectivity index (χ1) is 10.1. The van der Waals surface area contributed by atoms with Crippen LogP contribution >= 0.6 is 0 Å². The second-order valence-corrected chi connectivity index (χ2v) is 5.94. The van der Waals surface area contributed by atoms with Gasteiger partial charge in [0.05, 0.1) is 11.2 Å². The molecule has 0 aliphatic heterocycles. The Morgan fingerprint density at radius 3 is 2.71 bits per heavy atom. The minimum absolute atomic E-state index is 0.110. The fraction of sp³-hybridized carbons (Fsp3) is 0.375. The Kier molecular flexibility index (Phi) is 3.51. The number of hydrogen-bond acceptors (Lipinski definition) is 4. The maximum atomic E-state index is 12.5. The van der Waals surface area contributed by atoms with Gasteiger partial charge in [-0.05, 0) is 31.9 Å². The molecule has 0 unspecified atom stereocenters. The molecule has 1 aliphatic rings. The van der Waals surface area contributed by atoms with Crippen LogP contribution in [0.5, 0.6) is 0 Å². The number of aromatic nitrogens is 1. The normalized spacial score (nSPS) is 16.9. The van der Waals surface area contributed by atoms with E-state index in [-0.39, 0.29) is 11.4 Å². The number of anilines is 1. The number of pyridine rings is 1. The van der Waals surface area contributed by atoms with Gasteiger partial charge in [-0.1, -0.05) is 31.0 Å². The van der Waals surface area contributed by atoms with Crippen molar-refractivity contribution in [1.29, 1.82) is 0 Å². The number of nitrogens with one attached hydrogen (secondary N) is 2. The summed E-state index contributed by atoms with van der Waals surface area (Å²) in [5.74, 6) is 5.43. The average Bonchev–Trinajstić information content (AvgIpc) is 2.92. The summed E-state index contributed by atoms with van der Waals surface area (Å²) in [4.78, 5) is 16.9. The van der Waals surface area contributed by atoms with E-state index >= 15 is 0 Å². The highest BCUT2D eigenvalue weighted by Gasteiger charge is 2.30. The number of para-hydroxylation sites is 1. The fourth-order valence-electron chi connectivity index (χ4n) is 3.03. The third-order valence-corrected chi connectivity index (χ3v) is 4.23. The number of carbonyl (C=O) groups is 1.